The molecule has 0 N–H and O–H groups in total. The van der Waals surface area contributed by atoms with Gasteiger partial charge < -0.3 is 28.3 Å². The standard InChI is InChI=1S/C26H23NO7/c1-16-9-20(17(2)27(16)12-19-4-7-23-25(11-19)34-15-32-23)21(28)13-30-26(29)8-5-18-3-6-22-24(10-18)33-14-31-22/h3-11H,12-15H2,1-2H3. The molecule has 0 amide bonds. The molecular formula is C26H23NO7. The highest BCUT2D eigenvalue weighted by atomic mass is 16.7. The zero-order valence-electron chi connectivity index (χ0n) is 18.8. The summed E-state index contributed by atoms with van der Waals surface area (Å²) in [5.41, 5.74) is 4.08. The Morgan fingerprint density at radius 2 is 1.59 bits per heavy atom. The second kappa shape index (κ2) is 8.97. The number of esters is 1. The summed E-state index contributed by atoms with van der Waals surface area (Å²) in [6.07, 6.45) is 2.89. The summed E-state index contributed by atoms with van der Waals surface area (Å²) in [7, 11) is 0. The molecule has 8 nitrogen and oxygen atoms in total. The quantitative estimate of drug-likeness (QED) is 0.298. The van der Waals surface area contributed by atoms with E-state index in [1.165, 1.54) is 6.08 Å². The number of aryl methyl sites for hydroxylation is 1. The highest BCUT2D eigenvalue weighted by Gasteiger charge is 2.19. The summed E-state index contributed by atoms with van der Waals surface area (Å²) in [5, 5.41) is 0. The fourth-order valence-electron chi connectivity index (χ4n) is 3.99. The van der Waals surface area contributed by atoms with Crippen LogP contribution >= 0.6 is 0 Å². The molecule has 0 fully saturated rings. The van der Waals surface area contributed by atoms with Gasteiger partial charge in [-0.2, -0.15) is 0 Å². The van der Waals surface area contributed by atoms with E-state index in [1.807, 2.05) is 42.7 Å². The maximum Gasteiger partial charge on any atom is 0.331 e. The van der Waals surface area contributed by atoms with Gasteiger partial charge >= 0.3 is 5.97 Å². The first kappa shape index (κ1) is 21.6. The topological polar surface area (TPSA) is 85.2 Å². The van der Waals surface area contributed by atoms with E-state index in [0.29, 0.717) is 23.6 Å². The van der Waals surface area contributed by atoms with Gasteiger partial charge in [0, 0.05) is 29.6 Å². The summed E-state index contributed by atoms with van der Waals surface area (Å²) in [4.78, 5) is 24.9. The van der Waals surface area contributed by atoms with Crippen LogP contribution in [0.15, 0.2) is 48.5 Å². The number of benzene rings is 2. The first-order chi connectivity index (χ1) is 16.5. The molecule has 34 heavy (non-hydrogen) atoms. The number of nitrogens with zero attached hydrogens (tertiary/aromatic N) is 1. The number of ether oxygens (including phenoxy) is 5. The molecule has 0 unspecified atom stereocenters. The molecule has 1 aromatic heterocycles. The predicted molar refractivity (Wildman–Crippen MR) is 122 cm³/mol. The van der Waals surface area contributed by atoms with E-state index in [2.05, 4.69) is 0 Å². The molecule has 0 bridgehead atoms. The molecule has 174 valence electrons. The molecule has 8 heteroatoms. The first-order valence-corrected chi connectivity index (χ1v) is 10.8. The molecule has 3 aromatic rings. The van der Waals surface area contributed by atoms with Crippen molar-refractivity contribution >= 4 is 17.8 Å². The highest BCUT2D eigenvalue weighted by molar-refractivity contribution is 6.00. The van der Waals surface area contributed by atoms with Crippen LogP contribution in [-0.4, -0.2) is 36.5 Å². The monoisotopic (exact) mass is 461 g/mol. The predicted octanol–water partition coefficient (Wildman–Crippen LogP) is 4.05. The van der Waals surface area contributed by atoms with Crippen molar-refractivity contribution in [1.82, 2.24) is 4.57 Å². The molecule has 0 atom stereocenters. The van der Waals surface area contributed by atoms with Gasteiger partial charge in [0.15, 0.2) is 29.6 Å². The van der Waals surface area contributed by atoms with E-state index in [-0.39, 0.29) is 26.0 Å². The average molecular weight is 461 g/mol. The molecule has 2 aliphatic rings. The van der Waals surface area contributed by atoms with Crippen molar-refractivity contribution in [3.05, 3.63) is 76.6 Å². The van der Waals surface area contributed by atoms with Crippen molar-refractivity contribution in [2.75, 3.05) is 20.2 Å². The molecule has 0 saturated heterocycles. The van der Waals surface area contributed by atoms with E-state index in [0.717, 1.165) is 34.0 Å². The Morgan fingerprint density at radius 3 is 2.35 bits per heavy atom. The lowest BCUT2D eigenvalue weighted by Crippen LogP contribution is -2.13. The Bertz CT molecular complexity index is 1300. The minimum absolute atomic E-state index is 0.184. The number of hydrogen-bond donors (Lipinski definition) is 0. The van der Waals surface area contributed by atoms with Crippen molar-refractivity contribution in [1.29, 1.82) is 0 Å². The van der Waals surface area contributed by atoms with Crippen molar-refractivity contribution in [2.24, 2.45) is 0 Å². The maximum atomic E-state index is 12.8. The fourth-order valence-corrected chi connectivity index (χ4v) is 3.99. The zero-order chi connectivity index (χ0) is 23.7. The molecule has 0 aliphatic carbocycles. The molecule has 0 saturated carbocycles. The van der Waals surface area contributed by atoms with Crippen LogP contribution in [0.4, 0.5) is 0 Å². The number of Topliss-reactive ketones (excluding diaryl/α,β-unsaturated/α-hetero) is 1. The van der Waals surface area contributed by atoms with Gasteiger partial charge in [-0.3, -0.25) is 4.79 Å². The van der Waals surface area contributed by atoms with Gasteiger partial charge in [0.2, 0.25) is 19.4 Å². The normalized spacial score (nSPS) is 13.5. The fraction of sp³-hybridized carbons (Fsp3) is 0.231. The van der Waals surface area contributed by atoms with Gasteiger partial charge in [0.1, 0.15) is 0 Å². The maximum absolute atomic E-state index is 12.8. The minimum Gasteiger partial charge on any atom is -0.454 e. The summed E-state index contributed by atoms with van der Waals surface area (Å²) < 4.78 is 28.6. The lowest BCUT2D eigenvalue weighted by molar-refractivity contribution is -0.136. The van der Waals surface area contributed by atoms with E-state index in [4.69, 9.17) is 23.7 Å². The second-order valence-corrected chi connectivity index (χ2v) is 8.04. The molecular weight excluding hydrogens is 438 g/mol. The summed E-state index contributed by atoms with van der Waals surface area (Å²) in [6.45, 7) is 4.48. The molecule has 0 radical (unpaired) electrons. The second-order valence-electron chi connectivity index (χ2n) is 8.04. The lowest BCUT2D eigenvalue weighted by atomic mass is 10.1. The third-order valence-corrected chi connectivity index (χ3v) is 5.81. The van der Waals surface area contributed by atoms with Crippen LogP contribution in [0.2, 0.25) is 0 Å². The minimum atomic E-state index is -0.597. The van der Waals surface area contributed by atoms with Crippen LogP contribution in [0, 0.1) is 13.8 Å². The van der Waals surface area contributed by atoms with E-state index < -0.39 is 5.97 Å². The van der Waals surface area contributed by atoms with E-state index >= 15 is 0 Å². The third-order valence-electron chi connectivity index (χ3n) is 5.81. The molecule has 3 heterocycles. The highest BCUT2D eigenvalue weighted by Crippen LogP contribution is 2.34. The smallest absolute Gasteiger partial charge is 0.331 e. The third kappa shape index (κ3) is 4.34. The van der Waals surface area contributed by atoms with Gasteiger partial charge in [-0.25, -0.2) is 4.79 Å². The van der Waals surface area contributed by atoms with Crippen LogP contribution in [0.3, 0.4) is 0 Å². The zero-order valence-corrected chi connectivity index (χ0v) is 18.8. The summed E-state index contributed by atoms with van der Waals surface area (Å²) >= 11 is 0. The van der Waals surface area contributed by atoms with Crippen molar-refractivity contribution in [3.8, 4) is 23.0 Å². The largest absolute Gasteiger partial charge is 0.454 e. The van der Waals surface area contributed by atoms with Crippen LogP contribution < -0.4 is 18.9 Å². The Kier molecular flexibility index (Phi) is 5.71. The van der Waals surface area contributed by atoms with Crippen LogP contribution in [0.1, 0.15) is 32.9 Å². The summed E-state index contributed by atoms with van der Waals surface area (Å²) in [5.74, 6) is 1.89. The van der Waals surface area contributed by atoms with Crippen molar-refractivity contribution in [2.45, 2.75) is 20.4 Å². The number of rotatable bonds is 7. The van der Waals surface area contributed by atoms with Gasteiger partial charge in [0.05, 0.1) is 0 Å². The number of fused-ring (bicyclic) bond motifs is 2. The van der Waals surface area contributed by atoms with Crippen LogP contribution in [0.5, 0.6) is 23.0 Å². The number of hydrogen-bond acceptors (Lipinski definition) is 7. The number of aromatic nitrogens is 1. The van der Waals surface area contributed by atoms with Gasteiger partial charge in [-0.15, -0.1) is 0 Å². The van der Waals surface area contributed by atoms with Gasteiger partial charge in [0.25, 0.3) is 0 Å². The molecule has 2 aliphatic heterocycles. The lowest BCUT2D eigenvalue weighted by Gasteiger charge is -2.10. The number of carbonyl (C=O) groups is 2. The average Bonchev–Trinajstić information content (AvgIpc) is 3.56. The molecule has 2 aromatic carbocycles. The van der Waals surface area contributed by atoms with E-state index in [1.54, 1.807) is 24.3 Å². The number of carbonyl (C=O) groups excluding carboxylic acids is 2. The number of ketones is 1. The van der Waals surface area contributed by atoms with Crippen LogP contribution in [0.25, 0.3) is 6.08 Å². The molecule has 0 spiro atoms. The Balaban J connectivity index is 1.20. The van der Waals surface area contributed by atoms with Crippen molar-refractivity contribution in [3.63, 3.8) is 0 Å². The van der Waals surface area contributed by atoms with Gasteiger partial charge in [-0.1, -0.05) is 12.1 Å². The first-order valence-electron chi connectivity index (χ1n) is 10.8. The Labute approximate surface area is 196 Å². The molecule has 5 rings (SSSR count). The SMILES string of the molecule is Cc1cc(C(=O)COC(=O)C=Cc2ccc3c(c2)OCO3)c(C)n1Cc1ccc2c(c1)OCO2. The van der Waals surface area contributed by atoms with Crippen LogP contribution in [-0.2, 0) is 16.1 Å². The Morgan fingerprint density at radius 1 is 0.912 bits per heavy atom. The summed E-state index contributed by atoms with van der Waals surface area (Å²) in [6, 6.07) is 13.0. The van der Waals surface area contributed by atoms with Gasteiger partial charge in [-0.05, 0) is 61.4 Å². The Hall–Kier alpha value is -4.20. The van der Waals surface area contributed by atoms with Crippen molar-refractivity contribution < 1.29 is 33.3 Å². The van der Waals surface area contributed by atoms with E-state index in [9.17, 15) is 9.59 Å².